The first-order chi connectivity index (χ1) is 22.3. The number of nitrogens with zero attached hydrogens (tertiary/aromatic N) is 1. The van der Waals surface area contributed by atoms with Gasteiger partial charge in [-0.05, 0) is 74.4 Å². The fraction of sp³-hybridized carbons (Fsp3) is 0.361. The smallest absolute Gasteiger partial charge is 0.410 e. The number of nitrogens with one attached hydrogen (secondary N) is 3. The number of H-pyrrole nitrogens is 1. The van der Waals surface area contributed by atoms with Crippen LogP contribution in [-0.4, -0.2) is 60.4 Å². The number of hydrogen-bond acceptors (Lipinski definition) is 6. The lowest BCUT2D eigenvalue weighted by molar-refractivity contribution is -0.132. The number of ether oxygens (including phenoxy) is 1. The molecule has 0 bridgehead atoms. The molecule has 6 rings (SSSR count). The first kappa shape index (κ1) is 32.3. The lowest BCUT2D eigenvalue weighted by Gasteiger charge is -2.24. The Morgan fingerprint density at radius 1 is 1.02 bits per heavy atom. The highest BCUT2D eigenvalue weighted by Gasteiger charge is 2.61. The summed E-state index contributed by atoms with van der Waals surface area (Å²) in [6.07, 6.45) is 4.19. The largest absolute Gasteiger partial charge is 0.444 e. The maximum absolute atomic E-state index is 14.0. The van der Waals surface area contributed by atoms with Crippen molar-refractivity contribution in [3.05, 3.63) is 91.1 Å². The van der Waals surface area contributed by atoms with E-state index in [-0.39, 0.29) is 23.8 Å². The molecular formula is C36H40N4O6S. The highest BCUT2D eigenvalue weighted by atomic mass is 32.2. The van der Waals surface area contributed by atoms with E-state index in [1.807, 2.05) is 12.1 Å². The summed E-state index contributed by atoms with van der Waals surface area (Å²) in [6, 6.07) is 20.9. The van der Waals surface area contributed by atoms with Crippen LogP contribution in [0.1, 0.15) is 39.2 Å². The number of carbonyl (C=O) groups is 3. The van der Waals surface area contributed by atoms with Crippen LogP contribution >= 0.6 is 0 Å². The Morgan fingerprint density at radius 2 is 1.77 bits per heavy atom. The zero-order valence-electron chi connectivity index (χ0n) is 26.8. The Balaban J connectivity index is 1.21. The number of amides is 3. The van der Waals surface area contributed by atoms with E-state index in [0.29, 0.717) is 30.3 Å². The van der Waals surface area contributed by atoms with Crippen LogP contribution in [-0.2, 0) is 30.8 Å². The Bertz CT molecular complexity index is 1980. The summed E-state index contributed by atoms with van der Waals surface area (Å²) in [5.74, 6) is -2.55. The van der Waals surface area contributed by atoms with Gasteiger partial charge in [-0.3, -0.25) is 9.59 Å². The standard InChI is InChI=1S/C36H40N4O6S/c1-5-28-20-36(28,33(42)39-47(44,45)30-12-8-11-25-17-18-37-31(25)30)38-32(41)29-22-40(34(43)46-35(2,3)4)21-27(29)16-14-23-13-15-24-9-6-7-10-26(24)19-23/h5-13,15,17-19,27-29,37H,1,14,16,20-22H2,2-4H3,(H,38,41)(H,39,42)/t27-,28?,29-,36?/m0/s1. The van der Waals surface area contributed by atoms with Crippen molar-refractivity contribution in [2.75, 3.05) is 13.1 Å². The SMILES string of the molecule is C=CC1CC1(NC(=O)[C@H]1CN(C(=O)OC(C)(C)C)C[C@@H]1CCc1ccc2ccccc2c1)C(=O)NS(=O)(=O)c1cccc2cc[nH]c12. The molecule has 1 saturated heterocycles. The van der Waals surface area contributed by atoms with Crippen molar-refractivity contribution in [3.8, 4) is 0 Å². The molecular weight excluding hydrogens is 616 g/mol. The predicted octanol–water partition coefficient (Wildman–Crippen LogP) is 5.30. The lowest BCUT2D eigenvalue weighted by atomic mass is 9.88. The van der Waals surface area contributed by atoms with E-state index in [0.717, 1.165) is 16.3 Å². The first-order valence-electron chi connectivity index (χ1n) is 15.8. The second-order valence-corrected chi connectivity index (χ2v) is 15.3. The van der Waals surface area contributed by atoms with Crippen LogP contribution in [0.5, 0.6) is 0 Å². The van der Waals surface area contributed by atoms with Crippen molar-refractivity contribution < 1.29 is 27.5 Å². The second kappa shape index (κ2) is 12.2. The Hall–Kier alpha value is -4.64. The molecule has 2 aliphatic rings. The number of para-hydroxylation sites is 1. The van der Waals surface area contributed by atoms with E-state index < -0.39 is 50.9 Å². The number of aryl methyl sites for hydroxylation is 1. The fourth-order valence-electron chi connectivity index (χ4n) is 6.58. The summed E-state index contributed by atoms with van der Waals surface area (Å²) < 4.78 is 34.6. The number of rotatable bonds is 9. The number of fused-ring (bicyclic) bond motifs is 2. The van der Waals surface area contributed by atoms with Gasteiger partial charge in [-0.1, -0.05) is 60.7 Å². The van der Waals surface area contributed by atoms with Gasteiger partial charge in [-0.15, -0.1) is 6.58 Å². The molecule has 11 heteroatoms. The maximum Gasteiger partial charge on any atom is 0.410 e. The predicted molar refractivity (Wildman–Crippen MR) is 180 cm³/mol. The zero-order chi connectivity index (χ0) is 33.6. The normalized spacial score (nSPS) is 22.6. The Morgan fingerprint density at radius 3 is 2.49 bits per heavy atom. The molecule has 10 nitrogen and oxygen atoms in total. The maximum atomic E-state index is 14.0. The number of aromatic nitrogens is 1. The van der Waals surface area contributed by atoms with Crippen molar-refractivity contribution in [1.29, 1.82) is 0 Å². The van der Waals surface area contributed by atoms with Crippen LogP contribution < -0.4 is 10.0 Å². The van der Waals surface area contributed by atoms with Gasteiger partial charge < -0.3 is 19.9 Å². The first-order valence-corrected chi connectivity index (χ1v) is 17.3. The molecule has 246 valence electrons. The number of aromatic amines is 1. The number of sulfonamides is 1. The monoisotopic (exact) mass is 656 g/mol. The van der Waals surface area contributed by atoms with Crippen LogP contribution in [0.2, 0.25) is 0 Å². The van der Waals surface area contributed by atoms with E-state index in [4.69, 9.17) is 4.74 Å². The number of carbonyl (C=O) groups excluding carboxylic acids is 3. The van der Waals surface area contributed by atoms with E-state index in [1.54, 1.807) is 56.1 Å². The summed E-state index contributed by atoms with van der Waals surface area (Å²) in [4.78, 5) is 45.2. The highest BCUT2D eigenvalue weighted by molar-refractivity contribution is 7.90. The molecule has 4 aromatic rings. The molecule has 47 heavy (non-hydrogen) atoms. The minimum Gasteiger partial charge on any atom is -0.444 e. The molecule has 3 N–H and O–H groups in total. The molecule has 0 spiro atoms. The third kappa shape index (κ3) is 6.62. The lowest BCUT2D eigenvalue weighted by Crippen LogP contribution is -2.54. The van der Waals surface area contributed by atoms with Gasteiger partial charge in [0.1, 0.15) is 16.0 Å². The molecule has 3 aromatic carbocycles. The van der Waals surface area contributed by atoms with Gasteiger partial charge in [-0.2, -0.15) is 0 Å². The molecule has 2 heterocycles. The van der Waals surface area contributed by atoms with Crippen LogP contribution in [0.4, 0.5) is 4.79 Å². The molecule has 2 fully saturated rings. The van der Waals surface area contributed by atoms with Crippen molar-refractivity contribution in [2.24, 2.45) is 17.8 Å². The average molecular weight is 657 g/mol. The highest BCUT2D eigenvalue weighted by Crippen LogP contribution is 2.45. The topological polar surface area (TPSA) is 138 Å². The van der Waals surface area contributed by atoms with Gasteiger partial charge in [0.25, 0.3) is 15.9 Å². The van der Waals surface area contributed by atoms with Gasteiger partial charge in [0.2, 0.25) is 5.91 Å². The molecule has 1 aliphatic heterocycles. The van der Waals surface area contributed by atoms with Gasteiger partial charge in [0.15, 0.2) is 0 Å². The molecule has 0 radical (unpaired) electrons. The minimum atomic E-state index is -4.27. The van der Waals surface area contributed by atoms with Crippen molar-refractivity contribution >= 4 is 49.6 Å². The molecule has 1 saturated carbocycles. The number of likely N-dealkylation sites (tertiary alicyclic amines) is 1. The quantitative estimate of drug-likeness (QED) is 0.209. The molecule has 1 aliphatic carbocycles. The van der Waals surface area contributed by atoms with Crippen LogP contribution in [0, 0.1) is 17.8 Å². The summed E-state index contributed by atoms with van der Waals surface area (Å²) in [6.45, 7) is 9.61. The third-order valence-electron chi connectivity index (χ3n) is 9.16. The molecule has 2 unspecified atom stereocenters. The fourth-order valence-corrected chi connectivity index (χ4v) is 7.82. The molecule has 1 aromatic heterocycles. The Kier molecular flexibility index (Phi) is 8.38. The third-order valence-corrected chi connectivity index (χ3v) is 10.5. The van der Waals surface area contributed by atoms with Crippen molar-refractivity contribution in [3.63, 3.8) is 0 Å². The number of benzene rings is 3. The van der Waals surface area contributed by atoms with Gasteiger partial charge in [-0.25, -0.2) is 17.9 Å². The van der Waals surface area contributed by atoms with E-state index in [1.165, 1.54) is 6.07 Å². The van der Waals surface area contributed by atoms with Crippen LogP contribution in [0.25, 0.3) is 21.7 Å². The summed E-state index contributed by atoms with van der Waals surface area (Å²) in [7, 11) is -4.27. The van der Waals surface area contributed by atoms with Crippen molar-refractivity contribution in [2.45, 2.75) is 56.1 Å². The molecule has 4 atom stereocenters. The molecule has 3 amide bonds. The van der Waals surface area contributed by atoms with Crippen LogP contribution in [0.15, 0.2) is 90.5 Å². The van der Waals surface area contributed by atoms with Gasteiger partial charge in [0, 0.05) is 30.6 Å². The minimum absolute atomic E-state index is 0.0665. The summed E-state index contributed by atoms with van der Waals surface area (Å²) >= 11 is 0. The zero-order valence-corrected chi connectivity index (χ0v) is 27.6. The van der Waals surface area contributed by atoms with Gasteiger partial charge >= 0.3 is 6.09 Å². The summed E-state index contributed by atoms with van der Waals surface area (Å²) in [5.41, 5.74) is -0.686. The van der Waals surface area contributed by atoms with E-state index >= 15 is 0 Å². The van der Waals surface area contributed by atoms with E-state index in [9.17, 15) is 22.8 Å². The van der Waals surface area contributed by atoms with Crippen LogP contribution in [0.3, 0.4) is 0 Å². The van der Waals surface area contributed by atoms with Crippen molar-refractivity contribution in [1.82, 2.24) is 19.9 Å². The second-order valence-electron chi connectivity index (χ2n) is 13.6. The summed E-state index contributed by atoms with van der Waals surface area (Å²) in [5, 5.41) is 5.85. The number of hydrogen-bond donors (Lipinski definition) is 3. The average Bonchev–Trinajstić information content (AvgIpc) is 3.33. The van der Waals surface area contributed by atoms with Gasteiger partial charge in [0.05, 0.1) is 11.4 Å². The Labute approximate surface area is 274 Å². The van der Waals surface area contributed by atoms with E-state index in [2.05, 4.69) is 51.9 Å².